The fraction of sp³-hybridized carbons (Fsp3) is 0.263. The van der Waals surface area contributed by atoms with Crippen LogP contribution in [0.25, 0.3) is 0 Å². The molecule has 0 radical (unpaired) electrons. The summed E-state index contributed by atoms with van der Waals surface area (Å²) in [7, 11) is 1.53. The third kappa shape index (κ3) is 4.73. The summed E-state index contributed by atoms with van der Waals surface area (Å²) < 4.78 is 15.7. The number of anilines is 1. The van der Waals surface area contributed by atoms with Gasteiger partial charge in [0, 0.05) is 5.69 Å². The van der Waals surface area contributed by atoms with Gasteiger partial charge < -0.3 is 19.5 Å². The monoisotopic (exact) mass is 343 g/mol. The number of hydrogen-bond donors (Lipinski definition) is 1. The molecule has 0 aliphatic carbocycles. The van der Waals surface area contributed by atoms with Crippen molar-refractivity contribution in [2.45, 2.75) is 13.8 Å². The Morgan fingerprint density at radius 3 is 2.44 bits per heavy atom. The molecule has 0 aliphatic rings. The summed E-state index contributed by atoms with van der Waals surface area (Å²) >= 11 is 0. The second-order valence-electron chi connectivity index (χ2n) is 5.19. The lowest BCUT2D eigenvalue weighted by Gasteiger charge is -2.13. The highest BCUT2D eigenvalue weighted by atomic mass is 16.5. The second kappa shape index (κ2) is 8.73. The van der Waals surface area contributed by atoms with E-state index in [2.05, 4.69) is 5.32 Å². The van der Waals surface area contributed by atoms with Gasteiger partial charge >= 0.3 is 5.97 Å². The Balaban J connectivity index is 2.03. The molecule has 0 fully saturated rings. The van der Waals surface area contributed by atoms with Crippen molar-refractivity contribution in [1.82, 2.24) is 0 Å². The molecule has 0 aromatic heterocycles. The fourth-order valence-corrected chi connectivity index (χ4v) is 2.27. The van der Waals surface area contributed by atoms with Gasteiger partial charge in [0.05, 0.1) is 19.3 Å². The second-order valence-corrected chi connectivity index (χ2v) is 5.19. The van der Waals surface area contributed by atoms with Crippen LogP contribution in [-0.2, 0) is 9.53 Å². The summed E-state index contributed by atoms with van der Waals surface area (Å²) in [5.41, 5.74) is 1.61. The molecule has 2 aromatic rings. The molecule has 0 bridgehead atoms. The minimum atomic E-state index is -0.415. The van der Waals surface area contributed by atoms with Crippen molar-refractivity contribution in [2.75, 3.05) is 25.6 Å². The zero-order valence-corrected chi connectivity index (χ0v) is 14.5. The van der Waals surface area contributed by atoms with Crippen LogP contribution in [-0.4, -0.2) is 32.2 Å². The Hall–Kier alpha value is -3.02. The van der Waals surface area contributed by atoms with Crippen LogP contribution in [0.1, 0.15) is 22.8 Å². The van der Waals surface area contributed by atoms with E-state index in [0.29, 0.717) is 34.9 Å². The number of carbonyl (C=O) groups excluding carboxylic acids is 2. The Labute approximate surface area is 146 Å². The van der Waals surface area contributed by atoms with Gasteiger partial charge in [-0.1, -0.05) is 18.2 Å². The topological polar surface area (TPSA) is 73.9 Å². The van der Waals surface area contributed by atoms with Gasteiger partial charge in [-0.05, 0) is 43.7 Å². The van der Waals surface area contributed by atoms with E-state index in [4.69, 9.17) is 14.2 Å². The van der Waals surface area contributed by atoms with Crippen molar-refractivity contribution in [3.63, 3.8) is 0 Å². The Morgan fingerprint density at radius 2 is 1.76 bits per heavy atom. The molecule has 0 aliphatic heterocycles. The minimum Gasteiger partial charge on any atom is -0.493 e. The average Bonchev–Trinajstić information content (AvgIpc) is 2.62. The van der Waals surface area contributed by atoms with Crippen LogP contribution in [0.15, 0.2) is 42.5 Å². The molecule has 1 N–H and O–H groups in total. The Kier molecular flexibility index (Phi) is 6.39. The van der Waals surface area contributed by atoms with Crippen molar-refractivity contribution in [3.8, 4) is 11.5 Å². The van der Waals surface area contributed by atoms with Crippen molar-refractivity contribution < 1.29 is 23.8 Å². The van der Waals surface area contributed by atoms with E-state index in [-0.39, 0.29) is 12.5 Å². The number of rotatable bonds is 7. The number of ether oxygens (including phenoxy) is 3. The summed E-state index contributed by atoms with van der Waals surface area (Å²) in [6.07, 6.45) is 0. The van der Waals surface area contributed by atoms with Gasteiger partial charge in [0.1, 0.15) is 0 Å². The normalized spacial score (nSPS) is 10.0. The summed E-state index contributed by atoms with van der Waals surface area (Å²) in [6, 6.07) is 12.2. The number of carbonyl (C=O) groups is 2. The van der Waals surface area contributed by atoms with Crippen molar-refractivity contribution >= 4 is 17.6 Å². The lowest BCUT2D eigenvalue weighted by atomic mass is 10.1. The van der Waals surface area contributed by atoms with Gasteiger partial charge in [0.25, 0.3) is 5.91 Å². The van der Waals surface area contributed by atoms with E-state index in [0.717, 1.165) is 0 Å². The van der Waals surface area contributed by atoms with Crippen LogP contribution < -0.4 is 14.8 Å². The summed E-state index contributed by atoms with van der Waals surface area (Å²) in [6.45, 7) is 3.61. The van der Waals surface area contributed by atoms with Crippen LogP contribution in [0.5, 0.6) is 11.5 Å². The number of hydrogen-bond acceptors (Lipinski definition) is 5. The third-order valence-electron chi connectivity index (χ3n) is 3.53. The van der Waals surface area contributed by atoms with Crippen molar-refractivity contribution in [2.24, 2.45) is 0 Å². The van der Waals surface area contributed by atoms with Gasteiger partial charge in [0.2, 0.25) is 0 Å². The number of para-hydroxylation sites is 2. The first-order valence-corrected chi connectivity index (χ1v) is 7.89. The number of esters is 1. The maximum Gasteiger partial charge on any atom is 0.338 e. The van der Waals surface area contributed by atoms with E-state index in [9.17, 15) is 9.59 Å². The van der Waals surface area contributed by atoms with E-state index >= 15 is 0 Å². The number of methoxy groups -OCH3 is 1. The molecule has 0 unspecified atom stereocenters. The van der Waals surface area contributed by atoms with Gasteiger partial charge in [0.15, 0.2) is 18.1 Å². The molecule has 6 heteroatoms. The molecule has 2 aromatic carbocycles. The molecular formula is C19H21NO5. The molecule has 0 saturated carbocycles. The van der Waals surface area contributed by atoms with Crippen LogP contribution >= 0.6 is 0 Å². The highest BCUT2D eigenvalue weighted by Gasteiger charge is 2.14. The van der Waals surface area contributed by atoms with E-state index in [1.54, 1.807) is 50.2 Å². The molecule has 0 spiro atoms. The van der Waals surface area contributed by atoms with E-state index in [1.165, 1.54) is 7.11 Å². The molecular weight excluding hydrogens is 322 g/mol. The average molecular weight is 343 g/mol. The quantitative estimate of drug-likeness (QED) is 0.782. The van der Waals surface area contributed by atoms with Gasteiger partial charge in [-0.25, -0.2) is 4.79 Å². The van der Waals surface area contributed by atoms with Gasteiger partial charge in [-0.3, -0.25) is 4.79 Å². The lowest BCUT2D eigenvalue weighted by Crippen LogP contribution is -2.21. The number of amides is 1. The maximum atomic E-state index is 12.2. The number of benzene rings is 2. The third-order valence-corrected chi connectivity index (χ3v) is 3.53. The molecule has 2 rings (SSSR count). The van der Waals surface area contributed by atoms with Crippen LogP contribution in [0.2, 0.25) is 0 Å². The molecule has 0 saturated heterocycles. The molecule has 1 amide bonds. The molecule has 132 valence electrons. The predicted octanol–water partition coefficient (Wildman–Crippen LogP) is 3.20. The molecule has 0 atom stereocenters. The van der Waals surface area contributed by atoms with E-state index in [1.807, 2.05) is 6.07 Å². The largest absolute Gasteiger partial charge is 0.493 e. The molecule has 0 heterocycles. The first-order valence-electron chi connectivity index (χ1n) is 7.89. The fourth-order valence-electron chi connectivity index (χ4n) is 2.27. The van der Waals surface area contributed by atoms with Crippen LogP contribution in [0.3, 0.4) is 0 Å². The van der Waals surface area contributed by atoms with E-state index < -0.39 is 5.97 Å². The number of nitrogens with one attached hydrogen (secondary N) is 1. The Morgan fingerprint density at radius 1 is 1.04 bits per heavy atom. The van der Waals surface area contributed by atoms with Crippen molar-refractivity contribution in [3.05, 3.63) is 53.6 Å². The highest BCUT2D eigenvalue weighted by Crippen LogP contribution is 2.26. The SMILES string of the molecule is CCOC(=O)c1cccc(NC(=O)COc2ccccc2OC)c1C. The van der Waals surface area contributed by atoms with Crippen LogP contribution in [0, 0.1) is 6.92 Å². The lowest BCUT2D eigenvalue weighted by molar-refractivity contribution is -0.118. The molecule has 25 heavy (non-hydrogen) atoms. The van der Waals surface area contributed by atoms with Gasteiger partial charge in [-0.15, -0.1) is 0 Å². The standard InChI is InChI=1S/C19H21NO5/c1-4-24-19(22)14-8-7-9-15(13(14)2)20-18(21)12-25-17-11-6-5-10-16(17)23-3/h5-11H,4,12H2,1-3H3,(H,20,21). The first-order chi connectivity index (χ1) is 12.1. The summed E-state index contributed by atoms with van der Waals surface area (Å²) in [4.78, 5) is 24.1. The van der Waals surface area contributed by atoms with Crippen LogP contribution in [0.4, 0.5) is 5.69 Å². The molecule has 6 nitrogen and oxygen atoms in total. The summed E-state index contributed by atoms with van der Waals surface area (Å²) in [5.74, 6) is 0.282. The highest BCUT2D eigenvalue weighted by molar-refractivity contribution is 5.97. The first kappa shape index (κ1) is 18.3. The maximum absolute atomic E-state index is 12.2. The van der Waals surface area contributed by atoms with Gasteiger partial charge in [-0.2, -0.15) is 0 Å². The smallest absolute Gasteiger partial charge is 0.338 e. The summed E-state index contributed by atoms with van der Waals surface area (Å²) in [5, 5.41) is 2.74. The predicted molar refractivity (Wildman–Crippen MR) is 94.3 cm³/mol. The minimum absolute atomic E-state index is 0.177. The Bertz CT molecular complexity index is 757. The zero-order valence-electron chi connectivity index (χ0n) is 14.5. The van der Waals surface area contributed by atoms with Crippen molar-refractivity contribution in [1.29, 1.82) is 0 Å². The zero-order chi connectivity index (χ0) is 18.2.